The number of nitrogens with one attached hydrogen (secondary N) is 1. The first-order valence-corrected chi connectivity index (χ1v) is 7.62. The largest absolute Gasteiger partial charge is 0.366 e. The standard InChI is InChI=1S/C18H15NS/c1-18(19-16-8-4-5-9-17(16)20-18)15-11-10-13-6-2-3-7-14(13)12-15/h2-12,19H,1H3. The van der Waals surface area contributed by atoms with Gasteiger partial charge in [-0.05, 0) is 41.5 Å². The molecule has 0 aliphatic carbocycles. The number of fused-ring (bicyclic) bond motifs is 2. The van der Waals surface area contributed by atoms with Crippen LogP contribution >= 0.6 is 11.8 Å². The normalized spacial score (nSPS) is 20.6. The number of benzene rings is 3. The third-order valence-electron chi connectivity index (χ3n) is 3.87. The number of para-hydroxylation sites is 1. The molecular formula is C18H15NS. The monoisotopic (exact) mass is 277 g/mol. The molecule has 1 unspecified atom stereocenters. The van der Waals surface area contributed by atoms with Crippen molar-refractivity contribution in [1.29, 1.82) is 0 Å². The maximum atomic E-state index is 3.65. The van der Waals surface area contributed by atoms with E-state index in [-0.39, 0.29) is 4.87 Å². The molecule has 0 saturated heterocycles. The molecule has 3 aromatic carbocycles. The van der Waals surface area contributed by atoms with E-state index in [1.807, 2.05) is 11.8 Å². The van der Waals surface area contributed by atoms with Crippen molar-refractivity contribution in [3.8, 4) is 0 Å². The third-order valence-corrected chi connectivity index (χ3v) is 5.20. The Morgan fingerprint density at radius 2 is 1.60 bits per heavy atom. The minimum atomic E-state index is -0.0896. The smallest absolute Gasteiger partial charge is 0.111 e. The van der Waals surface area contributed by atoms with Crippen LogP contribution in [0.2, 0.25) is 0 Å². The summed E-state index contributed by atoms with van der Waals surface area (Å²) in [5, 5.41) is 6.24. The van der Waals surface area contributed by atoms with Crippen molar-refractivity contribution < 1.29 is 0 Å². The van der Waals surface area contributed by atoms with Crippen molar-refractivity contribution in [3.05, 3.63) is 72.3 Å². The second-order valence-electron chi connectivity index (χ2n) is 5.32. The maximum Gasteiger partial charge on any atom is 0.111 e. The van der Waals surface area contributed by atoms with Gasteiger partial charge in [0.1, 0.15) is 4.87 Å². The summed E-state index contributed by atoms with van der Waals surface area (Å²) in [4.78, 5) is 1.23. The van der Waals surface area contributed by atoms with Crippen LogP contribution in [0.15, 0.2) is 71.6 Å². The van der Waals surface area contributed by atoms with Gasteiger partial charge in [-0.1, -0.05) is 60.3 Å². The van der Waals surface area contributed by atoms with Crippen molar-refractivity contribution in [1.82, 2.24) is 0 Å². The lowest BCUT2D eigenvalue weighted by Gasteiger charge is -2.25. The van der Waals surface area contributed by atoms with Crippen molar-refractivity contribution >= 4 is 28.2 Å². The topological polar surface area (TPSA) is 12.0 Å². The van der Waals surface area contributed by atoms with Crippen LogP contribution in [0.3, 0.4) is 0 Å². The van der Waals surface area contributed by atoms with Crippen LogP contribution in [0, 0.1) is 0 Å². The van der Waals surface area contributed by atoms with Gasteiger partial charge in [0.25, 0.3) is 0 Å². The molecule has 0 spiro atoms. The Kier molecular flexibility index (Phi) is 2.54. The summed E-state index contributed by atoms with van der Waals surface area (Å²) in [7, 11) is 0. The Labute approximate surface area is 123 Å². The zero-order valence-corrected chi connectivity index (χ0v) is 12.1. The summed E-state index contributed by atoms with van der Waals surface area (Å²) in [5.74, 6) is 0. The first-order valence-electron chi connectivity index (χ1n) is 6.80. The SMILES string of the molecule is CC1(c2ccc3ccccc3c2)Nc2ccccc2S1. The highest BCUT2D eigenvalue weighted by molar-refractivity contribution is 8.00. The lowest BCUT2D eigenvalue weighted by atomic mass is 10.0. The second kappa shape index (κ2) is 4.29. The van der Waals surface area contributed by atoms with Gasteiger partial charge in [-0.25, -0.2) is 0 Å². The van der Waals surface area contributed by atoms with E-state index in [9.17, 15) is 0 Å². The zero-order chi connectivity index (χ0) is 13.6. The number of thioether (sulfide) groups is 1. The van der Waals surface area contributed by atoms with Crippen LogP contribution in [-0.2, 0) is 4.87 Å². The zero-order valence-electron chi connectivity index (χ0n) is 11.3. The van der Waals surface area contributed by atoms with E-state index in [4.69, 9.17) is 0 Å². The van der Waals surface area contributed by atoms with Gasteiger partial charge in [0.05, 0.1) is 0 Å². The van der Waals surface area contributed by atoms with E-state index in [1.54, 1.807) is 0 Å². The van der Waals surface area contributed by atoms with Crippen LogP contribution in [0.1, 0.15) is 12.5 Å². The first-order chi connectivity index (χ1) is 9.74. The summed E-state index contributed by atoms with van der Waals surface area (Å²) >= 11 is 1.89. The summed E-state index contributed by atoms with van der Waals surface area (Å²) in [6.45, 7) is 2.25. The van der Waals surface area contributed by atoms with Gasteiger partial charge in [0.15, 0.2) is 0 Å². The van der Waals surface area contributed by atoms with Crippen LogP contribution in [0.4, 0.5) is 5.69 Å². The molecule has 0 aromatic heterocycles. The van der Waals surface area contributed by atoms with Crippen LogP contribution in [-0.4, -0.2) is 0 Å². The van der Waals surface area contributed by atoms with Gasteiger partial charge in [-0.2, -0.15) is 0 Å². The van der Waals surface area contributed by atoms with E-state index in [1.165, 1.54) is 26.9 Å². The Morgan fingerprint density at radius 3 is 2.45 bits per heavy atom. The fraction of sp³-hybridized carbons (Fsp3) is 0.111. The highest BCUT2D eigenvalue weighted by atomic mass is 32.2. The lowest BCUT2D eigenvalue weighted by Crippen LogP contribution is -2.23. The Hall–Kier alpha value is -1.93. The predicted molar refractivity (Wildman–Crippen MR) is 87.2 cm³/mol. The first kappa shape index (κ1) is 11.9. The molecule has 20 heavy (non-hydrogen) atoms. The minimum Gasteiger partial charge on any atom is -0.366 e. The number of anilines is 1. The van der Waals surface area contributed by atoms with E-state index >= 15 is 0 Å². The van der Waals surface area contributed by atoms with Gasteiger partial charge in [0.2, 0.25) is 0 Å². The quantitative estimate of drug-likeness (QED) is 0.653. The molecule has 0 amide bonds. The van der Waals surface area contributed by atoms with E-state index in [0.29, 0.717) is 0 Å². The van der Waals surface area contributed by atoms with Crippen molar-refractivity contribution in [2.24, 2.45) is 0 Å². The van der Waals surface area contributed by atoms with Crippen LogP contribution in [0.5, 0.6) is 0 Å². The van der Waals surface area contributed by atoms with Crippen LogP contribution in [0.25, 0.3) is 10.8 Å². The molecule has 98 valence electrons. The number of hydrogen-bond acceptors (Lipinski definition) is 2. The van der Waals surface area contributed by atoms with E-state index in [0.717, 1.165) is 0 Å². The number of rotatable bonds is 1. The average molecular weight is 277 g/mol. The molecule has 3 aromatic rings. The summed E-state index contributed by atoms with van der Waals surface area (Å²) in [6.07, 6.45) is 0. The summed E-state index contributed by atoms with van der Waals surface area (Å²) in [6, 6.07) is 23.8. The van der Waals surface area contributed by atoms with Gasteiger partial charge < -0.3 is 5.32 Å². The summed E-state index contributed by atoms with van der Waals surface area (Å²) < 4.78 is 0. The van der Waals surface area contributed by atoms with Crippen molar-refractivity contribution in [2.75, 3.05) is 5.32 Å². The van der Waals surface area contributed by atoms with Gasteiger partial charge in [-0.15, -0.1) is 0 Å². The molecule has 4 rings (SSSR count). The third kappa shape index (κ3) is 1.80. The Balaban J connectivity index is 1.80. The second-order valence-corrected chi connectivity index (χ2v) is 6.78. The highest BCUT2D eigenvalue weighted by Gasteiger charge is 2.34. The molecular weight excluding hydrogens is 262 g/mol. The number of hydrogen-bond donors (Lipinski definition) is 1. The fourth-order valence-corrected chi connectivity index (χ4v) is 4.00. The maximum absolute atomic E-state index is 3.65. The van der Waals surface area contributed by atoms with Crippen molar-refractivity contribution in [3.63, 3.8) is 0 Å². The molecule has 1 aliphatic heterocycles. The van der Waals surface area contributed by atoms with E-state index < -0.39 is 0 Å². The Bertz CT molecular complexity index is 769. The molecule has 0 radical (unpaired) electrons. The molecule has 1 heterocycles. The highest BCUT2D eigenvalue weighted by Crippen LogP contribution is 2.50. The Morgan fingerprint density at radius 1 is 0.850 bits per heavy atom. The van der Waals surface area contributed by atoms with Gasteiger partial charge in [-0.3, -0.25) is 0 Å². The minimum absolute atomic E-state index is 0.0896. The molecule has 0 saturated carbocycles. The average Bonchev–Trinajstić information content (AvgIpc) is 2.84. The molecule has 1 aliphatic rings. The molecule has 0 fully saturated rings. The molecule has 1 atom stereocenters. The lowest BCUT2D eigenvalue weighted by molar-refractivity contribution is 0.818. The fourth-order valence-electron chi connectivity index (χ4n) is 2.78. The molecule has 1 N–H and O–H groups in total. The van der Waals surface area contributed by atoms with Crippen molar-refractivity contribution in [2.45, 2.75) is 16.7 Å². The molecule has 1 nitrogen and oxygen atoms in total. The van der Waals surface area contributed by atoms with Gasteiger partial charge >= 0.3 is 0 Å². The van der Waals surface area contributed by atoms with Gasteiger partial charge in [0, 0.05) is 10.6 Å². The van der Waals surface area contributed by atoms with Crippen LogP contribution < -0.4 is 5.32 Å². The summed E-state index contributed by atoms with van der Waals surface area (Å²) in [5.41, 5.74) is 2.55. The van der Waals surface area contributed by atoms with E-state index in [2.05, 4.69) is 79.0 Å². The predicted octanol–water partition coefficient (Wildman–Crippen LogP) is 5.23. The molecule has 2 heteroatoms. The molecule has 0 bridgehead atoms.